The Bertz CT molecular complexity index is 992. The summed E-state index contributed by atoms with van der Waals surface area (Å²) >= 11 is 0. The number of ether oxygens (including phenoxy) is 1. The molecule has 3 rings (SSSR count). The molecule has 0 atom stereocenters. The first-order chi connectivity index (χ1) is 13.6. The number of anilines is 2. The fourth-order valence-electron chi connectivity index (χ4n) is 3.08. The predicted octanol–water partition coefficient (Wildman–Crippen LogP) is 3.66. The van der Waals surface area contributed by atoms with Crippen LogP contribution in [0, 0.1) is 10.1 Å². The van der Waals surface area contributed by atoms with Crippen molar-refractivity contribution in [2.75, 3.05) is 31.6 Å². The number of hydrogen-bond donors (Lipinski definition) is 1. The van der Waals surface area contributed by atoms with Gasteiger partial charge in [0.05, 0.1) is 23.8 Å². The molecule has 0 radical (unpaired) electrons. The first-order valence-corrected chi connectivity index (χ1v) is 10.8. The lowest BCUT2D eigenvalue weighted by Gasteiger charge is -2.27. The summed E-state index contributed by atoms with van der Waals surface area (Å²) in [6.45, 7) is 7.35. The van der Waals surface area contributed by atoms with Crippen LogP contribution in [0.1, 0.15) is 26.3 Å². The molecule has 1 saturated heterocycles. The van der Waals surface area contributed by atoms with Crippen molar-refractivity contribution in [1.82, 2.24) is 4.31 Å². The van der Waals surface area contributed by atoms with Gasteiger partial charge in [0.1, 0.15) is 4.90 Å². The van der Waals surface area contributed by atoms with E-state index < -0.39 is 14.9 Å². The van der Waals surface area contributed by atoms with Gasteiger partial charge in [0.15, 0.2) is 0 Å². The lowest BCUT2D eigenvalue weighted by molar-refractivity contribution is -0.385. The van der Waals surface area contributed by atoms with E-state index in [1.165, 1.54) is 16.4 Å². The summed E-state index contributed by atoms with van der Waals surface area (Å²) in [5, 5.41) is 14.3. The first kappa shape index (κ1) is 21.2. The highest BCUT2D eigenvalue weighted by Crippen LogP contribution is 2.32. The van der Waals surface area contributed by atoms with Gasteiger partial charge >= 0.3 is 0 Å². The molecule has 0 unspecified atom stereocenters. The second-order valence-corrected chi connectivity index (χ2v) is 9.81. The second-order valence-electron chi connectivity index (χ2n) is 7.91. The van der Waals surface area contributed by atoms with Gasteiger partial charge in [0.2, 0.25) is 10.0 Å². The maximum Gasteiger partial charge on any atom is 0.270 e. The smallest absolute Gasteiger partial charge is 0.270 e. The van der Waals surface area contributed by atoms with E-state index in [2.05, 4.69) is 26.1 Å². The topological polar surface area (TPSA) is 102 Å². The Balaban J connectivity index is 1.99. The van der Waals surface area contributed by atoms with Crippen LogP contribution < -0.4 is 5.32 Å². The molecular weight excluding hydrogens is 394 g/mol. The molecule has 8 nitrogen and oxygen atoms in total. The third-order valence-electron chi connectivity index (χ3n) is 4.79. The average Bonchev–Trinajstić information content (AvgIpc) is 2.68. The van der Waals surface area contributed by atoms with Gasteiger partial charge in [-0.3, -0.25) is 10.1 Å². The molecule has 0 saturated carbocycles. The molecule has 2 aromatic rings. The van der Waals surface area contributed by atoms with Crippen molar-refractivity contribution in [3.8, 4) is 0 Å². The number of nitrogens with one attached hydrogen (secondary N) is 1. The van der Waals surface area contributed by atoms with Crippen molar-refractivity contribution < 1.29 is 18.1 Å². The van der Waals surface area contributed by atoms with Crippen LogP contribution in [0.5, 0.6) is 0 Å². The van der Waals surface area contributed by atoms with E-state index in [9.17, 15) is 18.5 Å². The Labute approximate surface area is 170 Å². The Hall–Kier alpha value is -2.49. The SMILES string of the molecule is CC(C)(C)c1ccc(Nc2ccc([N+](=O)[O-])cc2S(=O)(=O)N2CCOCC2)cc1. The molecule has 2 aromatic carbocycles. The molecule has 29 heavy (non-hydrogen) atoms. The van der Waals surface area contributed by atoms with Crippen LogP contribution >= 0.6 is 0 Å². The van der Waals surface area contributed by atoms with Crippen LogP contribution in [0.3, 0.4) is 0 Å². The Morgan fingerprint density at radius 2 is 1.69 bits per heavy atom. The summed E-state index contributed by atoms with van der Waals surface area (Å²) in [7, 11) is -3.91. The number of nitro groups is 1. The second kappa shape index (κ2) is 8.10. The molecule has 0 aliphatic carbocycles. The number of rotatable bonds is 5. The molecule has 1 N–H and O–H groups in total. The fraction of sp³-hybridized carbons (Fsp3) is 0.400. The summed E-state index contributed by atoms with van der Waals surface area (Å²) < 4.78 is 32.9. The number of hydrogen-bond acceptors (Lipinski definition) is 6. The van der Waals surface area contributed by atoms with Gasteiger partial charge in [-0.05, 0) is 29.2 Å². The summed E-state index contributed by atoms with van der Waals surface area (Å²) in [6, 6.07) is 11.5. The van der Waals surface area contributed by atoms with E-state index in [0.717, 1.165) is 11.6 Å². The van der Waals surface area contributed by atoms with Gasteiger partial charge in [0, 0.05) is 30.9 Å². The van der Waals surface area contributed by atoms with Crippen molar-refractivity contribution in [2.24, 2.45) is 0 Å². The van der Waals surface area contributed by atoms with Gasteiger partial charge in [-0.15, -0.1) is 0 Å². The van der Waals surface area contributed by atoms with Crippen molar-refractivity contribution in [2.45, 2.75) is 31.1 Å². The first-order valence-electron chi connectivity index (χ1n) is 9.33. The van der Waals surface area contributed by atoms with Crippen LogP contribution in [0.25, 0.3) is 0 Å². The van der Waals surface area contributed by atoms with Crippen molar-refractivity contribution >= 4 is 27.1 Å². The lowest BCUT2D eigenvalue weighted by atomic mass is 9.87. The van der Waals surface area contributed by atoms with Crippen LogP contribution in [0.15, 0.2) is 47.4 Å². The highest BCUT2D eigenvalue weighted by molar-refractivity contribution is 7.89. The third kappa shape index (κ3) is 4.75. The fourth-order valence-corrected chi connectivity index (χ4v) is 4.65. The van der Waals surface area contributed by atoms with Gasteiger partial charge < -0.3 is 10.1 Å². The molecule has 0 aromatic heterocycles. The molecule has 1 aliphatic heterocycles. The molecule has 0 bridgehead atoms. The monoisotopic (exact) mass is 419 g/mol. The van der Waals surface area contributed by atoms with E-state index in [-0.39, 0.29) is 29.1 Å². The zero-order valence-corrected chi connectivity index (χ0v) is 17.5. The standard InChI is InChI=1S/C20H25N3O5S/c1-20(2,3)15-4-6-16(7-5-15)21-18-9-8-17(23(24)25)14-19(18)29(26,27)22-10-12-28-13-11-22/h4-9,14,21H,10-13H2,1-3H3. The van der Waals surface area contributed by atoms with Crippen molar-refractivity contribution in [3.05, 3.63) is 58.1 Å². The lowest BCUT2D eigenvalue weighted by Crippen LogP contribution is -2.40. The quantitative estimate of drug-likeness (QED) is 0.586. The molecule has 9 heteroatoms. The largest absolute Gasteiger partial charge is 0.379 e. The molecular formula is C20H25N3O5S. The Morgan fingerprint density at radius 1 is 1.07 bits per heavy atom. The summed E-state index contributed by atoms with van der Waals surface area (Å²) in [4.78, 5) is 10.5. The average molecular weight is 420 g/mol. The van der Waals surface area contributed by atoms with Gasteiger partial charge in [-0.25, -0.2) is 8.42 Å². The number of sulfonamides is 1. The van der Waals surface area contributed by atoms with E-state index in [0.29, 0.717) is 24.6 Å². The van der Waals surface area contributed by atoms with E-state index in [4.69, 9.17) is 4.74 Å². The maximum absolute atomic E-state index is 13.2. The molecule has 0 spiro atoms. The Kier molecular flexibility index (Phi) is 5.92. The number of non-ortho nitro benzene ring substituents is 1. The van der Waals surface area contributed by atoms with E-state index in [1.54, 1.807) is 0 Å². The number of nitrogens with zero attached hydrogens (tertiary/aromatic N) is 2. The Morgan fingerprint density at radius 3 is 2.24 bits per heavy atom. The normalized spacial score (nSPS) is 15.8. The van der Waals surface area contributed by atoms with Gasteiger partial charge in [-0.2, -0.15) is 4.31 Å². The van der Waals surface area contributed by atoms with Crippen LogP contribution in [0.2, 0.25) is 0 Å². The zero-order chi connectivity index (χ0) is 21.2. The molecule has 1 aliphatic rings. The van der Waals surface area contributed by atoms with Gasteiger partial charge in [-0.1, -0.05) is 32.9 Å². The minimum Gasteiger partial charge on any atom is -0.379 e. The minimum atomic E-state index is -3.91. The summed E-state index contributed by atoms with van der Waals surface area (Å²) in [5.41, 5.74) is 1.87. The van der Waals surface area contributed by atoms with Crippen molar-refractivity contribution in [1.29, 1.82) is 0 Å². The summed E-state index contributed by atoms with van der Waals surface area (Å²) in [5.74, 6) is 0. The molecule has 0 amide bonds. The van der Waals surface area contributed by atoms with Crippen LogP contribution in [-0.4, -0.2) is 43.9 Å². The van der Waals surface area contributed by atoms with E-state index in [1.807, 2.05) is 24.3 Å². The molecule has 1 fully saturated rings. The number of benzene rings is 2. The summed E-state index contributed by atoms with van der Waals surface area (Å²) in [6.07, 6.45) is 0. The zero-order valence-electron chi connectivity index (χ0n) is 16.7. The minimum absolute atomic E-state index is 0.00325. The van der Waals surface area contributed by atoms with Gasteiger partial charge in [0.25, 0.3) is 5.69 Å². The maximum atomic E-state index is 13.2. The van der Waals surface area contributed by atoms with Crippen LogP contribution in [-0.2, 0) is 20.2 Å². The number of morpholine rings is 1. The third-order valence-corrected chi connectivity index (χ3v) is 6.73. The molecule has 1 heterocycles. The van der Waals surface area contributed by atoms with Crippen LogP contribution in [0.4, 0.5) is 17.1 Å². The van der Waals surface area contributed by atoms with E-state index >= 15 is 0 Å². The molecule has 156 valence electrons. The predicted molar refractivity (Wildman–Crippen MR) is 111 cm³/mol. The number of nitro benzene ring substituents is 1. The van der Waals surface area contributed by atoms with Crippen molar-refractivity contribution in [3.63, 3.8) is 0 Å². The highest BCUT2D eigenvalue weighted by atomic mass is 32.2. The highest BCUT2D eigenvalue weighted by Gasteiger charge is 2.30.